The maximum Gasteiger partial charge on any atom is 0.320 e. The van der Waals surface area contributed by atoms with Gasteiger partial charge in [-0.15, -0.1) is 0 Å². The van der Waals surface area contributed by atoms with Crippen LogP contribution < -0.4 is 16.0 Å². The Bertz CT molecular complexity index is 241. The van der Waals surface area contributed by atoms with Crippen molar-refractivity contribution in [1.29, 1.82) is 0 Å². The highest BCUT2D eigenvalue weighted by molar-refractivity contribution is 7.86. The van der Waals surface area contributed by atoms with Gasteiger partial charge in [0.1, 0.15) is 6.04 Å². The van der Waals surface area contributed by atoms with Gasteiger partial charge in [0.2, 0.25) is 0 Å². The van der Waals surface area contributed by atoms with Gasteiger partial charge in [0.05, 0.1) is 0 Å². The average molecular weight is 213 g/mol. The third kappa shape index (κ3) is 18.3. The van der Waals surface area contributed by atoms with E-state index >= 15 is 0 Å². The molecule has 80 valence electrons. The van der Waals surface area contributed by atoms with Crippen molar-refractivity contribution in [3.8, 4) is 0 Å². The van der Waals surface area contributed by atoms with Crippen molar-refractivity contribution in [2.75, 3.05) is 0 Å². The maximum atomic E-state index is 10.0. The van der Waals surface area contributed by atoms with Crippen LogP contribution in [0.15, 0.2) is 0 Å². The number of nitrogens with two attached hydrogens (primary N) is 3. The van der Waals surface area contributed by atoms with Crippen LogP contribution in [-0.4, -0.2) is 25.5 Å². The van der Waals surface area contributed by atoms with Crippen molar-refractivity contribution in [1.82, 2.24) is 0 Å². The quantitative estimate of drug-likeness (QED) is 0.427. The van der Waals surface area contributed by atoms with Crippen molar-refractivity contribution < 1.29 is 18.3 Å². The zero-order chi connectivity index (χ0) is 11.2. The lowest BCUT2D eigenvalue weighted by Gasteiger charge is -2.07. The molecule has 0 bridgehead atoms. The Hall–Kier alpha value is -0.700. The second-order valence-electron chi connectivity index (χ2n) is 2.70. The number of rotatable bonds is 2. The molecule has 0 aliphatic carbocycles. The minimum Gasteiger partial charge on any atom is -0.480 e. The Morgan fingerprint density at radius 3 is 1.54 bits per heavy atom. The van der Waals surface area contributed by atoms with Crippen LogP contribution in [0.1, 0.15) is 13.8 Å². The molecular formula is C5H15N3O4S. The third-order valence-corrected chi connectivity index (χ3v) is 1.00. The fourth-order valence-electron chi connectivity index (χ4n) is 0.285. The zero-order valence-electron chi connectivity index (χ0n) is 7.47. The van der Waals surface area contributed by atoms with Crippen LogP contribution >= 0.6 is 0 Å². The Morgan fingerprint density at radius 2 is 1.54 bits per heavy atom. The molecule has 0 aliphatic rings. The third-order valence-electron chi connectivity index (χ3n) is 1.00. The van der Waals surface area contributed by atoms with Crippen LogP contribution in [0.2, 0.25) is 0 Å². The monoisotopic (exact) mass is 213 g/mol. The molecule has 7 N–H and O–H groups in total. The molecule has 0 spiro atoms. The van der Waals surface area contributed by atoms with E-state index in [9.17, 15) is 13.2 Å². The largest absolute Gasteiger partial charge is 0.480 e. The number of carbonyl (C=O) groups is 1. The van der Waals surface area contributed by atoms with E-state index in [2.05, 4.69) is 10.3 Å². The van der Waals surface area contributed by atoms with Crippen LogP contribution in [0.4, 0.5) is 0 Å². The van der Waals surface area contributed by atoms with E-state index in [0.29, 0.717) is 0 Å². The number of carboxylic acid groups (broad SMARTS) is 1. The van der Waals surface area contributed by atoms with Gasteiger partial charge in [-0.05, 0) is 5.92 Å². The predicted octanol–water partition coefficient (Wildman–Crippen LogP) is -1.80. The molecule has 0 aliphatic heterocycles. The summed E-state index contributed by atoms with van der Waals surface area (Å²) in [5.74, 6) is -0.910. The van der Waals surface area contributed by atoms with Gasteiger partial charge in [0, 0.05) is 0 Å². The second-order valence-corrected chi connectivity index (χ2v) is 3.88. The molecule has 0 heterocycles. The van der Waals surface area contributed by atoms with E-state index < -0.39 is 22.2 Å². The molecule has 0 aromatic rings. The summed E-state index contributed by atoms with van der Waals surface area (Å²) in [6, 6.07) is -0.713. The SMILES string of the molecule is CC(C)[C@H](N)C(=O)O.NS(N)(=O)=O. The summed E-state index contributed by atoms with van der Waals surface area (Å²) >= 11 is 0. The van der Waals surface area contributed by atoms with Crippen molar-refractivity contribution in [2.24, 2.45) is 21.9 Å². The molecule has 8 heteroatoms. The molecule has 0 aromatic carbocycles. The number of aliphatic carboxylic acids is 1. The molecule has 13 heavy (non-hydrogen) atoms. The Labute approximate surface area is 77.1 Å². The van der Waals surface area contributed by atoms with Crippen molar-refractivity contribution >= 4 is 16.2 Å². The fraction of sp³-hybridized carbons (Fsp3) is 0.800. The highest BCUT2D eigenvalue weighted by Crippen LogP contribution is 1.96. The molecule has 0 unspecified atom stereocenters. The molecule has 0 fully saturated rings. The Kier molecular flexibility index (Phi) is 6.68. The van der Waals surface area contributed by atoms with Crippen molar-refractivity contribution in [3.63, 3.8) is 0 Å². The molecular weight excluding hydrogens is 198 g/mol. The van der Waals surface area contributed by atoms with E-state index in [0.717, 1.165) is 0 Å². The van der Waals surface area contributed by atoms with E-state index in [-0.39, 0.29) is 5.92 Å². The molecule has 0 saturated carbocycles. The van der Waals surface area contributed by atoms with Gasteiger partial charge in [-0.25, -0.2) is 10.3 Å². The summed E-state index contributed by atoms with van der Waals surface area (Å²) in [6.07, 6.45) is 0. The summed E-state index contributed by atoms with van der Waals surface area (Å²) in [6.45, 7) is 3.55. The number of hydrogen-bond acceptors (Lipinski definition) is 4. The first kappa shape index (κ1) is 14.8. The van der Waals surface area contributed by atoms with Gasteiger partial charge in [0.15, 0.2) is 0 Å². The van der Waals surface area contributed by atoms with E-state index in [1.165, 1.54) is 0 Å². The Balaban J connectivity index is 0. The number of carboxylic acids is 1. The lowest BCUT2D eigenvalue weighted by atomic mass is 10.1. The maximum absolute atomic E-state index is 10.0. The lowest BCUT2D eigenvalue weighted by Crippen LogP contribution is -2.34. The zero-order valence-corrected chi connectivity index (χ0v) is 8.28. The highest BCUT2D eigenvalue weighted by atomic mass is 32.2. The fourth-order valence-corrected chi connectivity index (χ4v) is 0.285. The first-order valence-electron chi connectivity index (χ1n) is 3.34. The van der Waals surface area contributed by atoms with Crippen molar-refractivity contribution in [3.05, 3.63) is 0 Å². The molecule has 1 atom stereocenters. The van der Waals surface area contributed by atoms with Gasteiger partial charge >= 0.3 is 5.97 Å². The van der Waals surface area contributed by atoms with E-state index in [1.807, 2.05) is 0 Å². The topological polar surface area (TPSA) is 150 Å². The van der Waals surface area contributed by atoms with Gasteiger partial charge in [-0.1, -0.05) is 13.8 Å². The van der Waals surface area contributed by atoms with Crippen LogP contribution in [-0.2, 0) is 15.0 Å². The summed E-state index contributed by atoms with van der Waals surface area (Å²) in [7, 11) is -3.67. The second kappa shape index (κ2) is 5.86. The highest BCUT2D eigenvalue weighted by Gasteiger charge is 2.14. The first-order valence-corrected chi connectivity index (χ1v) is 4.95. The van der Waals surface area contributed by atoms with E-state index in [1.54, 1.807) is 13.8 Å². The summed E-state index contributed by atoms with van der Waals surface area (Å²) in [5, 5.41) is 16.4. The molecule has 0 saturated heterocycles. The standard InChI is InChI=1S/C5H11NO2.H4N2O2S/c1-3(2)4(6)5(7)8;1-5(2,3)4/h3-4H,6H2,1-2H3,(H,7,8);(H4,1,2,3,4)/t4-;/m0./s1. The minimum absolute atomic E-state index is 0.0208. The predicted molar refractivity (Wildman–Crippen MR) is 47.7 cm³/mol. The van der Waals surface area contributed by atoms with Crippen LogP contribution in [0, 0.1) is 5.92 Å². The van der Waals surface area contributed by atoms with Crippen molar-refractivity contribution in [2.45, 2.75) is 19.9 Å². The lowest BCUT2D eigenvalue weighted by molar-refractivity contribution is -0.139. The van der Waals surface area contributed by atoms with Gasteiger partial charge in [-0.3, -0.25) is 4.79 Å². The first-order chi connectivity index (χ1) is 5.55. The molecule has 0 aromatic heterocycles. The molecule has 7 nitrogen and oxygen atoms in total. The normalized spacial score (nSPS) is 13.1. The van der Waals surface area contributed by atoms with Gasteiger partial charge in [0.25, 0.3) is 10.2 Å². The summed E-state index contributed by atoms with van der Waals surface area (Å²) < 4.78 is 18.4. The smallest absolute Gasteiger partial charge is 0.320 e. The Morgan fingerprint density at radius 1 is 1.31 bits per heavy atom. The van der Waals surface area contributed by atoms with Gasteiger partial charge < -0.3 is 10.8 Å². The molecule has 0 rings (SSSR count). The average Bonchev–Trinajstić information content (AvgIpc) is 1.81. The minimum atomic E-state index is -3.67. The van der Waals surface area contributed by atoms with Crippen LogP contribution in [0.5, 0.6) is 0 Å². The molecule has 0 amide bonds. The van der Waals surface area contributed by atoms with Crippen LogP contribution in [0.25, 0.3) is 0 Å². The van der Waals surface area contributed by atoms with Crippen LogP contribution in [0.3, 0.4) is 0 Å². The molecule has 0 radical (unpaired) electrons. The van der Waals surface area contributed by atoms with E-state index in [4.69, 9.17) is 10.8 Å². The summed E-state index contributed by atoms with van der Waals surface area (Å²) in [4.78, 5) is 10.0. The van der Waals surface area contributed by atoms with Gasteiger partial charge in [-0.2, -0.15) is 8.42 Å². The summed E-state index contributed by atoms with van der Waals surface area (Å²) in [5.41, 5.74) is 5.16. The number of hydrogen-bond donors (Lipinski definition) is 4.